The second-order valence-corrected chi connectivity index (χ2v) is 7.26. The Bertz CT molecular complexity index is 263. The van der Waals surface area contributed by atoms with Gasteiger partial charge in [0.25, 0.3) is 0 Å². The summed E-state index contributed by atoms with van der Waals surface area (Å²) < 4.78 is 0. The molecule has 0 amide bonds. The Morgan fingerprint density at radius 1 is 0.609 bits per heavy atom. The fourth-order valence-electron chi connectivity index (χ4n) is 3.03. The van der Waals surface area contributed by atoms with Crippen molar-refractivity contribution in [3.05, 3.63) is 12.3 Å². The Hall–Kier alpha value is -0.370. The molecule has 0 aliphatic heterocycles. The van der Waals surface area contributed by atoms with Crippen LogP contribution in [0.5, 0.6) is 0 Å². The lowest BCUT2D eigenvalue weighted by Crippen LogP contribution is -1.84. The van der Waals surface area contributed by atoms with Crippen LogP contribution in [0.25, 0.3) is 0 Å². The molecule has 0 unspecified atom stereocenters. The van der Waals surface area contributed by atoms with E-state index in [-0.39, 0.29) is 0 Å². The third-order valence-corrected chi connectivity index (χ3v) is 4.77. The van der Waals surface area contributed by atoms with Crippen LogP contribution in [-0.2, 0) is 0 Å². The van der Waals surface area contributed by atoms with Crippen molar-refractivity contribution in [2.24, 2.45) is 0 Å². The predicted molar refractivity (Wildman–Crippen MR) is 109 cm³/mol. The number of unbranched alkanes of at least 4 members (excludes halogenated alkanes) is 16. The summed E-state index contributed by atoms with van der Waals surface area (Å²) in [6.07, 6.45) is 23.8. The Balaban J connectivity index is 2.97. The zero-order valence-electron chi connectivity index (χ0n) is 15.4. The molecule has 0 aromatic carbocycles. The molecule has 136 valence electrons. The van der Waals surface area contributed by atoms with Crippen molar-refractivity contribution >= 4 is 17.6 Å². The first-order valence-electron chi connectivity index (χ1n) is 10.1. The maximum atomic E-state index is 8.99. The molecule has 0 aliphatic rings. The van der Waals surface area contributed by atoms with Crippen LogP contribution in [0.4, 0.5) is 0 Å². The average Bonchev–Trinajstić information content (AvgIpc) is 2.53. The van der Waals surface area contributed by atoms with Gasteiger partial charge in [0.05, 0.1) is 5.76 Å². The molecule has 2 heteroatoms. The van der Waals surface area contributed by atoms with Gasteiger partial charge >= 0.3 is 0 Å². The number of aliphatic hydroxyl groups excluding tert-OH is 1. The van der Waals surface area contributed by atoms with E-state index in [4.69, 9.17) is 17.3 Å². The van der Waals surface area contributed by atoms with Crippen molar-refractivity contribution in [2.45, 2.75) is 116 Å². The molecule has 1 N–H and O–H groups in total. The van der Waals surface area contributed by atoms with Gasteiger partial charge in [-0.1, -0.05) is 109 Å². The summed E-state index contributed by atoms with van der Waals surface area (Å²) in [5.74, 6) is 0.344. The van der Waals surface area contributed by atoms with Gasteiger partial charge in [-0.2, -0.15) is 0 Å². The molecule has 1 nitrogen and oxygen atoms in total. The zero-order chi connectivity index (χ0) is 17.0. The first-order valence-corrected chi connectivity index (χ1v) is 10.5. The van der Waals surface area contributed by atoms with Crippen LogP contribution in [0.2, 0.25) is 0 Å². The third-order valence-electron chi connectivity index (χ3n) is 4.54. The highest BCUT2D eigenvalue weighted by atomic mass is 32.1. The lowest BCUT2D eigenvalue weighted by Gasteiger charge is -2.03. The number of allylic oxidation sites excluding steroid dienone is 1. The molecule has 0 saturated carbocycles. The molecular weight excluding hydrogens is 300 g/mol. The first-order chi connectivity index (χ1) is 11.3. The normalized spacial score (nSPS) is 10.8. The van der Waals surface area contributed by atoms with Crippen LogP contribution in [0, 0.1) is 0 Å². The number of hydrogen-bond acceptors (Lipinski definition) is 2. The lowest BCUT2D eigenvalue weighted by atomic mass is 10.0. The Kier molecular flexibility index (Phi) is 19.4. The highest BCUT2D eigenvalue weighted by molar-refractivity contribution is 7.78. The van der Waals surface area contributed by atoms with Crippen molar-refractivity contribution in [3.8, 4) is 0 Å². The summed E-state index contributed by atoms with van der Waals surface area (Å²) in [6.45, 7) is 3.52. The van der Waals surface area contributed by atoms with E-state index in [1.54, 1.807) is 0 Å². The highest BCUT2D eigenvalue weighted by Gasteiger charge is 1.95. The number of aliphatic hydroxyl groups is 1. The summed E-state index contributed by atoms with van der Waals surface area (Å²) in [4.78, 5) is 0. The van der Waals surface area contributed by atoms with Crippen molar-refractivity contribution in [1.82, 2.24) is 0 Å². The van der Waals surface area contributed by atoms with Crippen LogP contribution in [0.3, 0.4) is 0 Å². The third kappa shape index (κ3) is 21.6. The van der Waals surface area contributed by atoms with E-state index < -0.39 is 0 Å². The topological polar surface area (TPSA) is 20.2 Å². The molecular formula is C21H40OS. The summed E-state index contributed by atoms with van der Waals surface area (Å²) in [5.41, 5.74) is 0. The molecule has 0 aromatic rings. The van der Waals surface area contributed by atoms with Gasteiger partial charge in [0.2, 0.25) is 0 Å². The lowest BCUT2D eigenvalue weighted by molar-refractivity contribution is 0.383. The minimum absolute atomic E-state index is 0.344. The maximum Gasteiger partial charge on any atom is 0.0851 e. The molecule has 0 heterocycles. The number of thiocarbonyl (C=S) groups is 1. The van der Waals surface area contributed by atoms with E-state index in [1.165, 1.54) is 96.3 Å². The van der Waals surface area contributed by atoms with Crippen LogP contribution in [0.15, 0.2) is 12.3 Å². The van der Waals surface area contributed by atoms with E-state index in [1.807, 2.05) is 5.37 Å². The SMILES string of the molecule is C=C(O)CCCCCCCCCCCCCCCCCCC=S. The monoisotopic (exact) mass is 340 g/mol. The summed E-state index contributed by atoms with van der Waals surface area (Å²) in [7, 11) is 0. The van der Waals surface area contributed by atoms with Crippen LogP contribution < -0.4 is 0 Å². The molecule has 23 heavy (non-hydrogen) atoms. The fourth-order valence-corrected chi connectivity index (χ4v) is 3.20. The van der Waals surface area contributed by atoms with Crippen LogP contribution in [0.1, 0.15) is 116 Å². The van der Waals surface area contributed by atoms with E-state index in [2.05, 4.69) is 6.58 Å². The predicted octanol–water partition coefficient (Wildman–Crippen LogP) is 8.08. The summed E-state index contributed by atoms with van der Waals surface area (Å²) >= 11 is 4.83. The Labute approximate surface area is 151 Å². The van der Waals surface area contributed by atoms with Gasteiger partial charge in [-0.15, -0.1) is 0 Å². The summed E-state index contributed by atoms with van der Waals surface area (Å²) in [6, 6.07) is 0. The summed E-state index contributed by atoms with van der Waals surface area (Å²) in [5, 5.41) is 10.9. The maximum absolute atomic E-state index is 8.99. The van der Waals surface area contributed by atoms with Crippen molar-refractivity contribution < 1.29 is 5.11 Å². The largest absolute Gasteiger partial charge is 0.513 e. The zero-order valence-corrected chi connectivity index (χ0v) is 16.2. The quantitative estimate of drug-likeness (QED) is 0.146. The Morgan fingerprint density at radius 3 is 1.22 bits per heavy atom. The molecule has 0 saturated heterocycles. The molecule has 0 fully saturated rings. The van der Waals surface area contributed by atoms with Crippen molar-refractivity contribution in [3.63, 3.8) is 0 Å². The van der Waals surface area contributed by atoms with E-state index in [0.717, 1.165) is 19.3 Å². The van der Waals surface area contributed by atoms with Gasteiger partial charge < -0.3 is 5.11 Å². The van der Waals surface area contributed by atoms with Crippen molar-refractivity contribution in [2.75, 3.05) is 0 Å². The highest BCUT2D eigenvalue weighted by Crippen LogP contribution is 2.14. The second kappa shape index (κ2) is 19.7. The number of rotatable bonds is 19. The van der Waals surface area contributed by atoms with Crippen molar-refractivity contribution in [1.29, 1.82) is 0 Å². The van der Waals surface area contributed by atoms with Gasteiger partial charge in [-0.25, -0.2) is 0 Å². The molecule has 0 rings (SSSR count). The molecule has 0 atom stereocenters. The van der Waals surface area contributed by atoms with E-state index in [0.29, 0.717) is 5.76 Å². The van der Waals surface area contributed by atoms with Gasteiger partial charge in [0.1, 0.15) is 0 Å². The standard InChI is InChI=1S/C21H40OS/c1-21(22)19-17-15-13-11-9-7-5-3-2-4-6-8-10-12-14-16-18-20-23/h20,22H,1-19H2. The van der Waals surface area contributed by atoms with E-state index >= 15 is 0 Å². The average molecular weight is 341 g/mol. The Morgan fingerprint density at radius 2 is 0.913 bits per heavy atom. The minimum atomic E-state index is 0.344. The number of hydrogen-bond donors (Lipinski definition) is 1. The fraction of sp³-hybridized carbons (Fsp3) is 0.857. The molecule has 0 aromatic heterocycles. The smallest absolute Gasteiger partial charge is 0.0851 e. The second-order valence-electron chi connectivity index (χ2n) is 6.93. The van der Waals surface area contributed by atoms with Gasteiger partial charge in [-0.3, -0.25) is 0 Å². The van der Waals surface area contributed by atoms with Crippen LogP contribution in [-0.4, -0.2) is 10.5 Å². The van der Waals surface area contributed by atoms with Gasteiger partial charge in [-0.05, 0) is 24.6 Å². The molecule has 0 radical (unpaired) electrons. The van der Waals surface area contributed by atoms with E-state index in [9.17, 15) is 0 Å². The van der Waals surface area contributed by atoms with Crippen LogP contribution >= 0.6 is 12.2 Å². The molecule has 0 spiro atoms. The molecule has 0 aliphatic carbocycles. The minimum Gasteiger partial charge on any atom is -0.513 e. The first kappa shape index (κ1) is 22.6. The molecule has 0 bridgehead atoms. The van der Waals surface area contributed by atoms with Gasteiger partial charge in [0, 0.05) is 6.42 Å². The van der Waals surface area contributed by atoms with Gasteiger partial charge in [0.15, 0.2) is 0 Å².